The summed E-state index contributed by atoms with van der Waals surface area (Å²) in [5.74, 6) is 1.93. The van der Waals surface area contributed by atoms with Crippen molar-refractivity contribution in [1.82, 2.24) is 15.1 Å². The van der Waals surface area contributed by atoms with E-state index in [-0.39, 0.29) is 24.0 Å². The molecule has 2 heterocycles. The Hall–Kier alpha value is -0.0400. The van der Waals surface area contributed by atoms with Crippen LogP contribution in [-0.2, 0) is 0 Å². The lowest BCUT2D eigenvalue weighted by molar-refractivity contribution is 0.151. The fourth-order valence-electron chi connectivity index (χ4n) is 3.96. The Bertz CT molecular complexity index is 354. The normalized spacial score (nSPS) is 29.4. The third-order valence-corrected chi connectivity index (χ3v) is 5.40. The van der Waals surface area contributed by atoms with Crippen molar-refractivity contribution in [2.75, 3.05) is 46.8 Å². The monoisotopic (exact) mass is 392 g/mol. The van der Waals surface area contributed by atoms with E-state index < -0.39 is 0 Å². The molecule has 1 saturated carbocycles. The van der Waals surface area contributed by atoms with Gasteiger partial charge in [0.05, 0.1) is 0 Å². The molecule has 0 aromatic heterocycles. The van der Waals surface area contributed by atoms with Gasteiger partial charge in [0, 0.05) is 33.2 Å². The van der Waals surface area contributed by atoms with Gasteiger partial charge >= 0.3 is 0 Å². The minimum atomic E-state index is 0. The van der Waals surface area contributed by atoms with Gasteiger partial charge in [0.1, 0.15) is 0 Å². The van der Waals surface area contributed by atoms with Crippen LogP contribution in [-0.4, -0.2) is 62.6 Å². The second-order valence-corrected chi connectivity index (χ2v) is 6.87. The fourth-order valence-corrected chi connectivity index (χ4v) is 3.96. The first-order valence-corrected chi connectivity index (χ1v) is 7.85. The Morgan fingerprint density at radius 1 is 1.30 bits per heavy atom. The van der Waals surface area contributed by atoms with Crippen LogP contribution in [0.25, 0.3) is 0 Å². The summed E-state index contributed by atoms with van der Waals surface area (Å²) in [4.78, 5) is 9.40. The van der Waals surface area contributed by atoms with Crippen LogP contribution in [0.5, 0.6) is 0 Å². The molecular weight excluding hydrogens is 363 g/mol. The van der Waals surface area contributed by atoms with Gasteiger partial charge in [-0.2, -0.15) is 0 Å². The molecule has 5 heteroatoms. The number of nitrogens with zero attached hydrogens (tertiary/aromatic N) is 3. The van der Waals surface area contributed by atoms with E-state index >= 15 is 0 Å². The maximum Gasteiger partial charge on any atom is 0.193 e. The van der Waals surface area contributed by atoms with E-state index in [2.05, 4.69) is 27.2 Å². The number of nitrogens with one attached hydrogen (secondary N) is 1. The topological polar surface area (TPSA) is 30.9 Å². The lowest BCUT2D eigenvalue weighted by atomic mass is 9.68. The zero-order valence-electron chi connectivity index (χ0n) is 12.9. The minimum absolute atomic E-state index is 0. The number of likely N-dealkylation sites (tertiary alicyclic amines) is 2. The highest BCUT2D eigenvalue weighted by molar-refractivity contribution is 14.0. The molecular formula is C15H29IN4. The molecule has 1 spiro atoms. The van der Waals surface area contributed by atoms with Gasteiger partial charge in [0.15, 0.2) is 5.96 Å². The maximum atomic E-state index is 4.49. The maximum absolute atomic E-state index is 4.49. The standard InChI is InChI=1S/C15H28N4.HI/c1-16-14(17-10-13-4-8-18(2)11-13)19-9-7-15(12-19)5-3-6-15;/h13H,3-12H2,1-2H3,(H,16,17);1H. The van der Waals surface area contributed by atoms with Crippen molar-refractivity contribution in [2.45, 2.75) is 32.1 Å². The van der Waals surface area contributed by atoms with Crippen LogP contribution in [0.15, 0.2) is 4.99 Å². The first-order valence-electron chi connectivity index (χ1n) is 7.85. The summed E-state index contributed by atoms with van der Waals surface area (Å²) >= 11 is 0. The SMILES string of the molecule is CN=C(NCC1CCN(C)C1)N1CCC2(CCC2)C1.I. The quantitative estimate of drug-likeness (QED) is 0.443. The molecule has 0 radical (unpaired) electrons. The molecule has 1 N–H and O–H groups in total. The third-order valence-electron chi connectivity index (χ3n) is 5.40. The molecule has 2 aliphatic heterocycles. The first-order chi connectivity index (χ1) is 9.21. The van der Waals surface area contributed by atoms with Crippen LogP contribution in [0, 0.1) is 11.3 Å². The van der Waals surface area contributed by atoms with Gasteiger partial charge in [-0.05, 0) is 50.6 Å². The van der Waals surface area contributed by atoms with Gasteiger partial charge in [-0.15, -0.1) is 24.0 Å². The Labute approximate surface area is 140 Å². The Morgan fingerprint density at radius 3 is 2.60 bits per heavy atom. The molecule has 0 aromatic carbocycles. The molecule has 1 aliphatic carbocycles. The van der Waals surface area contributed by atoms with Crippen molar-refractivity contribution < 1.29 is 0 Å². The molecule has 116 valence electrons. The highest BCUT2D eigenvalue weighted by Crippen LogP contribution is 2.47. The van der Waals surface area contributed by atoms with Crippen molar-refractivity contribution in [3.63, 3.8) is 0 Å². The Kier molecular flexibility index (Phi) is 5.56. The van der Waals surface area contributed by atoms with E-state index in [0.29, 0.717) is 5.41 Å². The van der Waals surface area contributed by atoms with Gasteiger partial charge in [-0.3, -0.25) is 4.99 Å². The lowest BCUT2D eigenvalue weighted by Crippen LogP contribution is -2.44. The van der Waals surface area contributed by atoms with Crippen LogP contribution in [0.3, 0.4) is 0 Å². The number of guanidine groups is 1. The van der Waals surface area contributed by atoms with E-state index in [1.54, 1.807) is 0 Å². The third kappa shape index (κ3) is 3.40. The highest BCUT2D eigenvalue weighted by Gasteiger charge is 2.43. The van der Waals surface area contributed by atoms with Gasteiger partial charge < -0.3 is 15.1 Å². The molecule has 0 aromatic rings. The molecule has 2 saturated heterocycles. The molecule has 1 atom stereocenters. The predicted octanol–water partition coefficient (Wildman–Crippen LogP) is 2.01. The molecule has 3 aliphatic rings. The molecule has 3 fully saturated rings. The summed E-state index contributed by atoms with van der Waals surface area (Å²) in [6, 6.07) is 0. The van der Waals surface area contributed by atoms with Gasteiger partial charge in [0.2, 0.25) is 0 Å². The Morgan fingerprint density at radius 2 is 2.10 bits per heavy atom. The lowest BCUT2D eigenvalue weighted by Gasteiger charge is -2.38. The number of aliphatic imine (C=N–C) groups is 1. The molecule has 0 amide bonds. The Balaban J connectivity index is 0.00000147. The van der Waals surface area contributed by atoms with Crippen molar-refractivity contribution in [3.8, 4) is 0 Å². The molecule has 1 unspecified atom stereocenters. The average Bonchev–Trinajstić information content (AvgIpc) is 2.96. The minimum Gasteiger partial charge on any atom is -0.356 e. The van der Waals surface area contributed by atoms with Crippen LogP contribution in [0.2, 0.25) is 0 Å². The number of rotatable bonds is 2. The van der Waals surface area contributed by atoms with Crippen LogP contribution in [0.4, 0.5) is 0 Å². The zero-order chi connectivity index (χ0) is 13.3. The summed E-state index contributed by atoms with van der Waals surface area (Å²) < 4.78 is 0. The second kappa shape index (κ2) is 6.81. The molecule has 20 heavy (non-hydrogen) atoms. The van der Waals surface area contributed by atoms with E-state index in [1.807, 2.05) is 7.05 Å². The summed E-state index contributed by atoms with van der Waals surface area (Å²) in [7, 11) is 4.14. The highest BCUT2D eigenvalue weighted by atomic mass is 127. The summed E-state index contributed by atoms with van der Waals surface area (Å²) in [6.45, 7) is 5.99. The van der Waals surface area contributed by atoms with Crippen LogP contribution < -0.4 is 5.32 Å². The van der Waals surface area contributed by atoms with Crippen molar-refractivity contribution in [2.24, 2.45) is 16.3 Å². The van der Waals surface area contributed by atoms with Gasteiger partial charge in [0.25, 0.3) is 0 Å². The number of hydrogen-bond donors (Lipinski definition) is 1. The largest absolute Gasteiger partial charge is 0.356 e. The van der Waals surface area contributed by atoms with Gasteiger partial charge in [-0.25, -0.2) is 0 Å². The van der Waals surface area contributed by atoms with E-state index in [4.69, 9.17) is 0 Å². The van der Waals surface area contributed by atoms with Crippen molar-refractivity contribution >= 4 is 29.9 Å². The van der Waals surface area contributed by atoms with E-state index in [1.165, 1.54) is 58.3 Å². The first kappa shape index (κ1) is 16.3. The summed E-state index contributed by atoms with van der Waals surface area (Å²) in [5, 5.41) is 3.61. The smallest absolute Gasteiger partial charge is 0.193 e. The van der Waals surface area contributed by atoms with Crippen LogP contribution >= 0.6 is 24.0 Å². The molecule has 4 nitrogen and oxygen atoms in total. The zero-order valence-corrected chi connectivity index (χ0v) is 15.2. The fraction of sp³-hybridized carbons (Fsp3) is 0.933. The van der Waals surface area contributed by atoms with E-state index in [9.17, 15) is 0 Å². The van der Waals surface area contributed by atoms with Gasteiger partial charge in [-0.1, -0.05) is 6.42 Å². The molecule has 3 rings (SSSR count). The van der Waals surface area contributed by atoms with E-state index in [0.717, 1.165) is 18.4 Å². The van der Waals surface area contributed by atoms with Crippen LogP contribution in [0.1, 0.15) is 32.1 Å². The molecule has 0 bridgehead atoms. The number of halogens is 1. The summed E-state index contributed by atoms with van der Waals surface area (Å²) in [5.41, 5.74) is 0.658. The van der Waals surface area contributed by atoms with Crippen molar-refractivity contribution in [1.29, 1.82) is 0 Å². The second-order valence-electron chi connectivity index (χ2n) is 6.87. The number of hydrogen-bond acceptors (Lipinski definition) is 2. The average molecular weight is 392 g/mol. The summed E-state index contributed by atoms with van der Waals surface area (Å²) in [6.07, 6.45) is 7.01. The predicted molar refractivity (Wildman–Crippen MR) is 94.9 cm³/mol. The van der Waals surface area contributed by atoms with Crippen molar-refractivity contribution in [3.05, 3.63) is 0 Å².